The van der Waals surface area contributed by atoms with Crippen LogP contribution in [0.4, 0.5) is 0 Å². The van der Waals surface area contributed by atoms with E-state index in [1.165, 1.54) is 0 Å². The number of carbonyl (C=O) groups is 1. The van der Waals surface area contributed by atoms with Gasteiger partial charge in [0.2, 0.25) is 0 Å². The lowest BCUT2D eigenvalue weighted by atomic mass is 9.96. The van der Waals surface area contributed by atoms with E-state index in [0.29, 0.717) is 0 Å². The Kier molecular flexibility index (Phi) is 4.56. The summed E-state index contributed by atoms with van der Waals surface area (Å²) in [5.41, 5.74) is 2.64. The van der Waals surface area contributed by atoms with Crippen LogP contribution in [0, 0.1) is 5.41 Å². The summed E-state index contributed by atoms with van der Waals surface area (Å²) in [6, 6.07) is 0. The molecule has 0 aliphatic heterocycles. The molecule has 0 aromatic carbocycles. The van der Waals surface area contributed by atoms with Crippen LogP contribution in [-0.4, -0.2) is 6.29 Å². The van der Waals surface area contributed by atoms with Gasteiger partial charge in [-0.05, 0) is 32.4 Å². The maximum Gasteiger partial charge on any atom is 0.129 e. The quantitative estimate of drug-likeness (QED) is 0.447. The summed E-state index contributed by atoms with van der Waals surface area (Å²) in [7, 11) is 0. The molecule has 0 heterocycles. The lowest BCUT2D eigenvalue weighted by Crippen LogP contribution is -2.07. The largest absolute Gasteiger partial charge is 0.302 e. The van der Waals surface area contributed by atoms with Crippen molar-refractivity contribution >= 4 is 6.29 Å². The highest BCUT2D eigenvalue weighted by Crippen LogP contribution is 2.11. The van der Waals surface area contributed by atoms with E-state index in [0.717, 1.165) is 19.1 Å². The van der Waals surface area contributed by atoms with Crippen molar-refractivity contribution < 1.29 is 4.79 Å². The van der Waals surface area contributed by atoms with Gasteiger partial charge in [0, 0.05) is 5.41 Å². The van der Waals surface area contributed by atoms with Gasteiger partial charge >= 0.3 is 0 Å². The maximum atomic E-state index is 10.4. The zero-order valence-corrected chi connectivity index (χ0v) is 7.55. The smallest absolute Gasteiger partial charge is 0.129 e. The van der Waals surface area contributed by atoms with Crippen LogP contribution in [0.5, 0.6) is 0 Å². The fourth-order valence-corrected chi connectivity index (χ4v) is 0.535. The van der Waals surface area contributed by atoms with Crippen molar-refractivity contribution in [2.45, 2.75) is 33.6 Å². The SMILES string of the molecule is CCCC=C=CC(C)(C)C=O. The van der Waals surface area contributed by atoms with Crippen molar-refractivity contribution in [1.82, 2.24) is 0 Å². The molecule has 0 aromatic heterocycles. The zero-order chi connectivity index (χ0) is 8.74. The minimum atomic E-state index is -0.357. The third-order valence-electron chi connectivity index (χ3n) is 1.31. The Morgan fingerprint density at radius 1 is 1.45 bits per heavy atom. The molecule has 0 aliphatic carbocycles. The average Bonchev–Trinajstić information content (AvgIpc) is 1.99. The van der Waals surface area contributed by atoms with Gasteiger partial charge < -0.3 is 4.79 Å². The molecule has 1 nitrogen and oxygen atoms in total. The predicted molar refractivity (Wildman–Crippen MR) is 47.4 cm³/mol. The van der Waals surface area contributed by atoms with E-state index in [1.807, 2.05) is 19.9 Å². The molecule has 0 unspecified atom stereocenters. The fraction of sp³-hybridized carbons (Fsp3) is 0.600. The Bertz CT molecular complexity index is 171. The van der Waals surface area contributed by atoms with E-state index in [2.05, 4.69) is 12.7 Å². The molecule has 1 heteroatoms. The number of rotatable bonds is 4. The number of carbonyl (C=O) groups excluding carboxylic acids is 1. The minimum absolute atomic E-state index is 0.357. The summed E-state index contributed by atoms with van der Waals surface area (Å²) in [6.07, 6.45) is 6.86. The van der Waals surface area contributed by atoms with Crippen molar-refractivity contribution in [3.05, 3.63) is 17.9 Å². The van der Waals surface area contributed by atoms with Crippen LogP contribution in [0.15, 0.2) is 17.9 Å². The lowest BCUT2D eigenvalue weighted by molar-refractivity contribution is -0.112. The van der Waals surface area contributed by atoms with Gasteiger partial charge in [-0.15, -0.1) is 5.73 Å². The average molecular weight is 152 g/mol. The summed E-state index contributed by atoms with van der Waals surface area (Å²) in [5.74, 6) is 0. The highest BCUT2D eigenvalue weighted by atomic mass is 16.1. The topological polar surface area (TPSA) is 17.1 Å². The van der Waals surface area contributed by atoms with Gasteiger partial charge in [0.15, 0.2) is 0 Å². The molecule has 0 aliphatic rings. The van der Waals surface area contributed by atoms with Gasteiger partial charge in [-0.3, -0.25) is 0 Å². The van der Waals surface area contributed by atoms with Crippen LogP contribution in [0.25, 0.3) is 0 Å². The van der Waals surface area contributed by atoms with E-state index >= 15 is 0 Å². The zero-order valence-electron chi connectivity index (χ0n) is 7.55. The van der Waals surface area contributed by atoms with Crippen molar-refractivity contribution in [3.63, 3.8) is 0 Å². The first-order valence-corrected chi connectivity index (χ1v) is 4.01. The van der Waals surface area contributed by atoms with E-state index < -0.39 is 0 Å². The highest BCUT2D eigenvalue weighted by Gasteiger charge is 2.09. The second-order valence-corrected chi connectivity index (χ2v) is 3.24. The first kappa shape index (κ1) is 10.2. The first-order valence-electron chi connectivity index (χ1n) is 4.01. The van der Waals surface area contributed by atoms with Gasteiger partial charge in [0.1, 0.15) is 6.29 Å². The standard InChI is InChI=1S/C10H16O/c1-4-5-6-7-8-10(2,3)9-11/h6,8-9H,4-5H2,1-3H3. The summed E-state index contributed by atoms with van der Waals surface area (Å²) in [4.78, 5) is 10.4. The van der Waals surface area contributed by atoms with Crippen LogP contribution < -0.4 is 0 Å². The molecule has 0 atom stereocenters. The number of hydrogen-bond donors (Lipinski definition) is 0. The highest BCUT2D eigenvalue weighted by molar-refractivity contribution is 5.60. The molecule has 0 aromatic rings. The third-order valence-corrected chi connectivity index (χ3v) is 1.31. The summed E-state index contributed by atoms with van der Waals surface area (Å²) >= 11 is 0. The van der Waals surface area contributed by atoms with Gasteiger partial charge in [-0.25, -0.2) is 0 Å². The first-order chi connectivity index (χ1) is 5.12. The number of aldehydes is 1. The van der Waals surface area contributed by atoms with Gasteiger partial charge in [-0.1, -0.05) is 13.3 Å². The summed E-state index contributed by atoms with van der Waals surface area (Å²) in [6.45, 7) is 5.85. The molecule has 0 saturated heterocycles. The summed E-state index contributed by atoms with van der Waals surface area (Å²) in [5, 5.41) is 0. The molecule has 0 radical (unpaired) electrons. The summed E-state index contributed by atoms with van der Waals surface area (Å²) < 4.78 is 0. The molecule has 0 amide bonds. The van der Waals surface area contributed by atoms with Crippen LogP contribution in [0.3, 0.4) is 0 Å². The molecule has 62 valence electrons. The maximum absolute atomic E-state index is 10.4. The predicted octanol–water partition coefficient (Wildman–Crippen LogP) is 2.72. The molecule has 0 N–H and O–H groups in total. The second-order valence-electron chi connectivity index (χ2n) is 3.24. The second kappa shape index (κ2) is 4.92. The number of unbranched alkanes of at least 4 members (excludes halogenated alkanes) is 1. The minimum Gasteiger partial charge on any atom is -0.302 e. The van der Waals surface area contributed by atoms with Crippen LogP contribution in [0.2, 0.25) is 0 Å². The lowest BCUT2D eigenvalue weighted by Gasteiger charge is -2.06. The molecular formula is C10H16O. The Morgan fingerprint density at radius 2 is 2.09 bits per heavy atom. The van der Waals surface area contributed by atoms with Crippen molar-refractivity contribution in [1.29, 1.82) is 0 Å². The normalized spacial score (nSPS) is 10.1. The van der Waals surface area contributed by atoms with Gasteiger partial charge in [0.05, 0.1) is 0 Å². The molecule has 0 rings (SSSR count). The Balaban J connectivity index is 4.00. The van der Waals surface area contributed by atoms with Crippen LogP contribution in [0.1, 0.15) is 33.6 Å². The molecule has 0 spiro atoms. The van der Waals surface area contributed by atoms with Gasteiger partial charge in [-0.2, -0.15) is 0 Å². The Hall–Kier alpha value is -0.810. The van der Waals surface area contributed by atoms with Crippen molar-refractivity contribution in [3.8, 4) is 0 Å². The van der Waals surface area contributed by atoms with E-state index in [1.54, 1.807) is 6.08 Å². The van der Waals surface area contributed by atoms with E-state index in [-0.39, 0.29) is 5.41 Å². The molecule has 0 fully saturated rings. The van der Waals surface area contributed by atoms with E-state index in [9.17, 15) is 4.79 Å². The Morgan fingerprint density at radius 3 is 2.55 bits per heavy atom. The van der Waals surface area contributed by atoms with E-state index in [4.69, 9.17) is 0 Å². The molecule has 0 bridgehead atoms. The fourth-order valence-electron chi connectivity index (χ4n) is 0.535. The molecule has 0 saturated carbocycles. The van der Waals surface area contributed by atoms with Gasteiger partial charge in [0.25, 0.3) is 0 Å². The monoisotopic (exact) mass is 152 g/mol. The van der Waals surface area contributed by atoms with Crippen molar-refractivity contribution in [2.75, 3.05) is 0 Å². The Labute approximate surface area is 68.8 Å². The number of hydrogen-bond acceptors (Lipinski definition) is 1. The molecule has 11 heavy (non-hydrogen) atoms. The van der Waals surface area contributed by atoms with Crippen LogP contribution >= 0.6 is 0 Å². The molecular weight excluding hydrogens is 136 g/mol. The van der Waals surface area contributed by atoms with Crippen molar-refractivity contribution in [2.24, 2.45) is 5.41 Å². The third kappa shape index (κ3) is 5.63. The van der Waals surface area contributed by atoms with Crippen LogP contribution in [-0.2, 0) is 4.79 Å². The number of allylic oxidation sites excluding steroid dienone is 1.